The highest BCUT2D eigenvalue weighted by molar-refractivity contribution is 9.10. The van der Waals surface area contributed by atoms with Gasteiger partial charge in [-0.05, 0) is 30.7 Å². The maximum absolute atomic E-state index is 6.44. The maximum Gasteiger partial charge on any atom is 0.126 e. The summed E-state index contributed by atoms with van der Waals surface area (Å²) in [6, 6.07) is 13.2. The van der Waals surface area contributed by atoms with Gasteiger partial charge in [-0.15, -0.1) is 0 Å². The summed E-state index contributed by atoms with van der Waals surface area (Å²) in [7, 11) is 0. The zero-order chi connectivity index (χ0) is 15.0. The Morgan fingerprint density at radius 3 is 2.62 bits per heavy atom. The summed E-state index contributed by atoms with van der Waals surface area (Å²) < 4.78 is 0.885. The predicted octanol–water partition coefficient (Wildman–Crippen LogP) is 3.33. The van der Waals surface area contributed by atoms with Crippen molar-refractivity contribution in [3.8, 4) is 0 Å². The molecule has 0 fully saturated rings. The van der Waals surface area contributed by atoms with E-state index in [9.17, 15) is 0 Å². The number of para-hydroxylation sites is 1. The first-order valence-corrected chi connectivity index (χ1v) is 7.39. The van der Waals surface area contributed by atoms with Gasteiger partial charge in [0, 0.05) is 15.5 Å². The van der Waals surface area contributed by atoms with E-state index in [0.29, 0.717) is 11.5 Å². The van der Waals surface area contributed by atoms with Gasteiger partial charge in [0.2, 0.25) is 0 Å². The summed E-state index contributed by atoms with van der Waals surface area (Å²) in [5.41, 5.74) is 15.6. The molecule has 4 nitrogen and oxygen atoms in total. The summed E-state index contributed by atoms with van der Waals surface area (Å²) in [6.45, 7) is 1.88. The first-order valence-electron chi connectivity index (χ1n) is 6.60. The average Bonchev–Trinajstić information content (AvgIpc) is 2.45. The second-order valence-electron chi connectivity index (χ2n) is 4.93. The molecule has 3 aromatic rings. The molecule has 1 aromatic heterocycles. The molecule has 1 unspecified atom stereocenters. The highest BCUT2D eigenvalue weighted by Gasteiger charge is 2.17. The Morgan fingerprint density at radius 1 is 1.10 bits per heavy atom. The molecule has 4 N–H and O–H groups in total. The first-order chi connectivity index (χ1) is 10.1. The molecule has 0 bridgehead atoms. The van der Waals surface area contributed by atoms with Crippen LogP contribution in [0, 0.1) is 6.92 Å². The van der Waals surface area contributed by atoms with E-state index in [1.165, 1.54) is 0 Å². The van der Waals surface area contributed by atoms with E-state index < -0.39 is 0 Å². The topological polar surface area (TPSA) is 77.8 Å². The Bertz CT molecular complexity index is 816. The Balaban J connectivity index is 2.19. The van der Waals surface area contributed by atoms with E-state index >= 15 is 0 Å². The van der Waals surface area contributed by atoms with Gasteiger partial charge in [0.15, 0.2) is 0 Å². The van der Waals surface area contributed by atoms with Crippen molar-refractivity contribution < 1.29 is 0 Å². The van der Waals surface area contributed by atoms with Crippen LogP contribution < -0.4 is 11.5 Å². The minimum Gasteiger partial charge on any atom is -0.399 e. The van der Waals surface area contributed by atoms with Crippen LogP contribution in [0.3, 0.4) is 0 Å². The molecule has 0 aliphatic heterocycles. The number of fused-ring (bicyclic) bond motifs is 1. The average molecular weight is 343 g/mol. The van der Waals surface area contributed by atoms with Gasteiger partial charge >= 0.3 is 0 Å². The Morgan fingerprint density at radius 2 is 1.86 bits per heavy atom. The molecule has 0 saturated heterocycles. The lowest BCUT2D eigenvalue weighted by atomic mass is 10.0. The molecule has 1 atom stereocenters. The molecular formula is C16H15BrN4. The maximum atomic E-state index is 6.44. The molecule has 0 saturated carbocycles. The van der Waals surface area contributed by atoms with Crippen LogP contribution in [0.1, 0.15) is 23.1 Å². The Hall–Kier alpha value is -1.98. The third kappa shape index (κ3) is 2.62. The normalized spacial score (nSPS) is 12.5. The van der Waals surface area contributed by atoms with Crippen LogP contribution in [0.2, 0.25) is 0 Å². The lowest BCUT2D eigenvalue weighted by Gasteiger charge is -2.16. The van der Waals surface area contributed by atoms with E-state index in [-0.39, 0.29) is 6.04 Å². The van der Waals surface area contributed by atoms with E-state index in [1.807, 2.05) is 49.4 Å². The van der Waals surface area contributed by atoms with Gasteiger partial charge in [-0.1, -0.05) is 40.2 Å². The van der Waals surface area contributed by atoms with Crippen LogP contribution in [0.5, 0.6) is 0 Å². The highest BCUT2D eigenvalue weighted by Crippen LogP contribution is 2.30. The van der Waals surface area contributed by atoms with Gasteiger partial charge in [0.05, 0.1) is 17.3 Å². The fourth-order valence-corrected chi connectivity index (χ4v) is 3.04. The summed E-state index contributed by atoms with van der Waals surface area (Å²) in [4.78, 5) is 9.00. The van der Waals surface area contributed by atoms with Crippen molar-refractivity contribution in [3.63, 3.8) is 0 Å². The van der Waals surface area contributed by atoms with Gasteiger partial charge in [-0.3, -0.25) is 0 Å². The summed E-state index contributed by atoms with van der Waals surface area (Å²) in [6.07, 6.45) is 0. The number of nitrogen functional groups attached to an aromatic ring is 1. The molecule has 106 valence electrons. The summed E-state index contributed by atoms with van der Waals surface area (Å²) >= 11 is 3.52. The fraction of sp³-hybridized carbons (Fsp3) is 0.125. The van der Waals surface area contributed by atoms with Gasteiger partial charge in [0.1, 0.15) is 5.82 Å². The molecule has 5 heteroatoms. The van der Waals surface area contributed by atoms with Crippen molar-refractivity contribution in [1.82, 2.24) is 9.97 Å². The fourth-order valence-electron chi connectivity index (χ4n) is 2.40. The Kier molecular flexibility index (Phi) is 3.61. The summed E-state index contributed by atoms with van der Waals surface area (Å²) in [5, 5.41) is 0.972. The number of aryl methyl sites for hydroxylation is 1. The van der Waals surface area contributed by atoms with Crippen LogP contribution in [-0.2, 0) is 0 Å². The van der Waals surface area contributed by atoms with Crippen LogP contribution in [0.4, 0.5) is 5.69 Å². The Labute approximate surface area is 131 Å². The van der Waals surface area contributed by atoms with Gasteiger partial charge < -0.3 is 11.5 Å². The van der Waals surface area contributed by atoms with Crippen molar-refractivity contribution in [2.75, 3.05) is 5.73 Å². The van der Waals surface area contributed by atoms with Crippen LogP contribution >= 0.6 is 15.9 Å². The van der Waals surface area contributed by atoms with E-state index in [2.05, 4.69) is 25.9 Å². The van der Waals surface area contributed by atoms with Gasteiger partial charge in [-0.25, -0.2) is 9.97 Å². The molecule has 0 spiro atoms. The first kappa shape index (κ1) is 14.0. The standard InChI is InChI=1S/C16H15BrN4/c1-9-20-14-5-3-2-4-12(14)16(21-9)15(19)11-7-6-10(18)8-13(11)17/h2-8,15H,18-19H2,1H3. The van der Waals surface area contributed by atoms with Crippen molar-refractivity contribution >= 4 is 32.5 Å². The van der Waals surface area contributed by atoms with Crippen molar-refractivity contribution in [2.45, 2.75) is 13.0 Å². The molecule has 0 aliphatic rings. The number of anilines is 1. The van der Waals surface area contributed by atoms with E-state index in [1.54, 1.807) is 0 Å². The molecule has 3 rings (SSSR count). The number of rotatable bonds is 2. The molecule has 0 amide bonds. The molecule has 21 heavy (non-hydrogen) atoms. The minimum absolute atomic E-state index is 0.341. The quantitative estimate of drug-likeness (QED) is 0.700. The number of aromatic nitrogens is 2. The molecule has 2 aromatic carbocycles. The number of nitrogens with two attached hydrogens (primary N) is 2. The lowest BCUT2D eigenvalue weighted by molar-refractivity contribution is 0.819. The number of benzene rings is 2. The predicted molar refractivity (Wildman–Crippen MR) is 88.9 cm³/mol. The number of nitrogens with zero attached hydrogens (tertiary/aromatic N) is 2. The highest BCUT2D eigenvalue weighted by atomic mass is 79.9. The number of halogens is 1. The lowest BCUT2D eigenvalue weighted by Crippen LogP contribution is -2.16. The third-order valence-electron chi connectivity index (χ3n) is 3.40. The molecule has 0 radical (unpaired) electrons. The second-order valence-corrected chi connectivity index (χ2v) is 5.79. The van der Waals surface area contributed by atoms with Crippen LogP contribution in [0.15, 0.2) is 46.9 Å². The van der Waals surface area contributed by atoms with Crippen LogP contribution in [0.25, 0.3) is 10.9 Å². The zero-order valence-corrected chi connectivity index (χ0v) is 13.1. The molecular weight excluding hydrogens is 328 g/mol. The molecule has 0 aliphatic carbocycles. The van der Waals surface area contributed by atoms with E-state index in [0.717, 1.165) is 26.6 Å². The summed E-state index contributed by atoms with van der Waals surface area (Å²) in [5.74, 6) is 0.714. The van der Waals surface area contributed by atoms with Crippen LogP contribution in [-0.4, -0.2) is 9.97 Å². The monoisotopic (exact) mass is 342 g/mol. The second kappa shape index (κ2) is 5.42. The van der Waals surface area contributed by atoms with E-state index in [4.69, 9.17) is 11.5 Å². The van der Waals surface area contributed by atoms with Gasteiger partial charge in [-0.2, -0.15) is 0 Å². The number of hydrogen-bond donors (Lipinski definition) is 2. The van der Waals surface area contributed by atoms with Gasteiger partial charge in [0.25, 0.3) is 0 Å². The largest absolute Gasteiger partial charge is 0.399 e. The number of hydrogen-bond acceptors (Lipinski definition) is 4. The SMILES string of the molecule is Cc1nc(C(N)c2ccc(N)cc2Br)c2ccccc2n1. The molecule has 1 heterocycles. The van der Waals surface area contributed by atoms with Crippen molar-refractivity contribution in [2.24, 2.45) is 5.73 Å². The third-order valence-corrected chi connectivity index (χ3v) is 4.09. The van der Waals surface area contributed by atoms with Crippen molar-refractivity contribution in [1.29, 1.82) is 0 Å². The minimum atomic E-state index is -0.341. The van der Waals surface area contributed by atoms with Crippen molar-refractivity contribution in [3.05, 3.63) is 64.0 Å². The zero-order valence-electron chi connectivity index (χ0n) is 11.5. The smallest absolute Gasteiger partial charge is 0.126 e.